The van der Waals surface area contributed by atoms with Gasteiger partial charge in [-0.1, -0.05) is 35.0 Å². The van der Waals surface area contributed by atoms with Gasteiger partial charge in [-0.3, -0.25) is 14.6 Å². The van der Waals surface area contributed by atoms with Crippen LogP contribution in [0.4, 0.5) is 0 Å². The Hall–Kier alpha value is -3.43. The van der Waals surface area contributed by atoms with Gasteiger partial charge in [0.05, 0.1) is 12.5 Å². The van der Waals surface area contributed by atoms with Crippen LogP contribution in [0, 0.1) is 12.8 Å². The highest BCUT2D eigenvalue weighted by atomic mass is 16.7. The van der Waals surface area contributed by atoms with E-state index >= 15 is 0 Å². The molecule has 1 amide bonds. The zero-order chi connectivity index (χ0) is 25.2. The van der Waals surface area contributed by atoms with E-state index in [9.17, 15) is 4.79 Å². The number of amides is 1. The molecule has 2 aromatic carbocycles. The second-order valence-electron chi connectivity index (χ2n) is 10.2. The van der Waals surface area contributed by atoms with Gasteiger partial charge in [0.25, 0.3) is 0 Å². The number of likely N-dealkylation sites (tertiary alicyclic amines) is 1. The summed E-state index contributed by atoms with van der Waals surface area (Å²) in [4.78, 5) is 24.7. The largest absolute Gasteiger partial charge is 0.454 e. The highest BCUT2D eigenvalue weighted by molar-refractivity contribution is 5.79. The number of fused-ring (bicyclic) bond motifs is 1. The SMILES string of the molecule is Cc1cccc(-c2noc(CN3CCCC(C(=O)N4CCN(Cc5ccc6c(c5)OCO6)CC4)C3)n2)c1. The maximum Gasteiger partial charge on any atom is 0.241 e. The molecular weight excluding hydrogens is 470 g/mol. The zero-order valence-electron chi connectivity index (χ0n) is 21.3. The van der Waals surface area contributed by atoms with Gasteiger partial charge in [-0.15, -0.1) is 0 Å². The van der Waals surface area contributed by atoms with Gasteiger partial charge in [-0.05, 0) is 50.1 Å². The van der Waals surface area contributed by atoms with E-state index in [1.165, 1.54) is 5.56 Å². The Balaban J connectivity index is 0.998. The maximum absolute atomic E-state index is 13.4. The number of aryl methyl sites for hydroxylation is 1. The molecule has 4 heterocycles. The van der Waals surface area contributed by atoms with Gasteiger partial charge < -0.3 is 18.9 Å². The molecule has 3 aliphatic rings. The number of ether oxygens (including phenoxy) is 2. The van der Waals surface area contributed by atoms with Gasteiger partial charge in [0.1, 0.15) is 0 Å². The molecule has 3 aromatic rings. The Labute approximate surface area is 216 Å². The molecule has 0 bridgehead atoms. The van der Waals surface area contributed by atoms with Crippen LogP contribution in [0.2, 0.25) is 0 Å². The van der Waals surface area contributed by atoms with Crippen molar-refractivity contribution in [2.75, 3.05) is 46.1 Å². The summed E-state index contributed by atoms with van der Waals surface area (Å²) in [6.45, 7) is 8.73. The monoisotopic (exact) mass is 503 g/mol. The van der Waals surface area contributed by atoms with Crippen LogP contribution in [0.3, 0.4) is 0 Å². The molecule has 0 aliphatic carbocycles. The molecule has 2 saturated heterocycles. The van der Waals surface area contributed by atoms with Crippen LogP contribution in [-0.4, -0.2) is 76.8 Å². The minimum atomic E-state index is 0.0216. The average molecular weight is 504 g/mol. The quantitative estimate of drug-likeness (QED) is 0.507. The van der Waals surface area contributed by atoms with Gasteiger partial charge in [0.2, 0.25) is 24.4 Å². The molecule has 0 radical (unpaired) electrons. The van der Waals surface area contributed by atoms with Gasteiger partial charge in [0, 0.05) is 44.8 Å². The molecule has 0 N–H and O–H groups in total. The fourth-order valence-electron chi connectivity index (χ4n) is 5.49. The van der Waals surface area contributed by atoms with Crippen molar-refractivity contribution in [3.8, 4) is 22.9 Å². The Kier molecular flexibility index (Phi) is 6.80. The lowest BCUT2D eigenvalue weighted by atomic mass is 9.96. The predicted octanol–water partition coefficient (Wildman–Crippen LogP) is 3.33. The third kappa shape index (κ3) is 5.47. The van der Waals surface area contributed by atoms with E-state index in [4.69, 9.17) is 14.0 Å². The maximum atomic E-state index is 13.4. The van der Waals surface area contributed by atoms with Crippen molar-refractivity contribution in [3.63, 3.8) is 0 Å². The average Bonchev–Trinajstić information content (AvgIpc) is 3.58. The second-order valence-corrected chi connectivity index (χ2v) is 10.2. The number of aromatic nitrogens is 2. The van der Waals surface area contributed by atoms with Crippen LogP contribution in [0.5, 0.6) is 11.5 Å². The lowest BCUT2D eigenvalue weighted by Gasteiger charge is -2.38. The molecule has 0 spiro atoms. The Morgan fingerprint density at radius 1 is 0.973 bits per heavy atom. The molecule has 6 rings (SSSR count). The number of benzene rings is 2. The molecule has 1 aromatic heterocycles. The van der Waals surface area contributed by atoms with E-state index in [0.29, 0.717) is 25.1 Å². The molecule has 37 heavy (non-hydrogen) atoms. The topological polar surface area (TPSA) is 84.2 Å². The molecule has 2 fully saturated rings. The van der Waals surface area contributed by atoms with Gasteiger partial charge in [0.15, 0.2) is 11.5 Å². The summed E-state index contributed by atoms with van der Waals surface area (Å²) >= 11 is 0. The summed E-state index contributed by atoms with van der Waals surface area (Å²) in [5.41, 5.74) is 3.33. The highest BCUT2D eigenvalue weighted by Crippen LogP contribution is 2.33. The van der Waals surface area contributed by atoms with Crippen molar-refractivity contribution >= 4 is 5.91 Å². The van der Waals surface area contributed by atoms with Crippen LogP contribution in [-0.2, 0) is 17.9 Å². The third-order valence-electron chi connectivity index (χ3n) is 7.49. The first kappa shape index (κ1) is 23.9. The van der Waals surface area contributed by atoms with Crippen molar-refractivity contribution in [1.29, 1.82) is 0 Å². The number of carbonyl (C=O) groups excluding carboxylic acids is 1. The fraction of sp³-hybridized carbons (Fsp3) is 0.464. The highest BCUT2D eigenvalue weighted by Gasteiger charge is 2.31. The normalized spacial score (nSPS) is 20.4. The van der Waals surface area contributed by atoms with E-state index in [1.807, 2.05) is 23.1 Å². The Bertz CT molecular complexity index is 1250. The smallest absolute Gasteiger partial charge is 0.241 e. The number of piperazine rings is 1. The first-order valence-corrected chi connectivity index (χ1v) is 13.1. The van der Waals surface area contributed by atoms with Crippen molar-refractivity contribution in [2.45, 2.75) is 32.9 Å². The van der Waals surface area contributed by atoms with Crippen LogP contribution < -0.4 is 9.47 Å². The van der Waals surface area contributed by atoms with E-state index in [-0.39, 0.29) is 11.8 Å². The Morgan fingerprint density at radius 2 is 1.84 bits per heavy atom. The van der Waals surface area contributed by atoms with E-state index in [0.717, 1.165) is 81.3 Å². The van der Waals surface area contributed by atoms with E-state index < -0.39 is 0 Å². The van der Waals surface area contributed by atoms with Crippen molar-refractivity contribution in [2.24, 2.45) is 5.92 Å². The molecule has 1 atom stereocenters. The summed E-state index contributed by atoms with van der Waals surface area (Å²) < 4.78 is 16.5. The van der Waals surface area contributed by atoms with Gasteiger partial charge in [-0.2, -0.15) is 4.98 Å². The van der Waals surface area contributed by atoms with Gasteiger partial charge >= 0.3 is 0 Å². The van der Waals surface area contributed by atoms with Crippen molar-refractivity contribution in [3.05, 3.63) is 59.5 Å². The fourth-order valence-corrected chi connectivity index (χ4v) is 5.49. The lowest BCUT2D eigenvalue weighted by molar-refractivity contribution is -0.139. The predicted molar refractivity (Wildman–Crippen MR) is 137 cm³/mol. The summed E-state index contributed by atoms with van der Waals surface area (Å²) in [5, 5.41) is 4.17. The summed E-state index contributed by atoms with van der Waals surface area (Å²) in [5.74, 6) is 3.14. The lowest BCUT2D eigenvalue weighted by Crippen LogP contribution is -2.52. The number of nitrogens with zero attached hydrogens (tertiary/aromatic N) is 5. The summed E-state index contributed by atoms with van der Waals surface area (Å²) in [7, 11) is 0. The molecule has 9 heteroatoms. The molecule has 1 unspecified atom stereocenters. The zero-order valence-corrected chi connectivity index (χ0v) is 21.3. The number of piperidine rings is 1. The standard InChI is InChI=1S/C28H33N5O4/c1-20-4-2-5-22(14-20)27-29-26(37-30-27)18-32-9-3-6-23(17-32)28(34)33-12-10-31(11-13-33)16-21-7-8-24-25(15-21)36-19-35-24/h2,4-5,7-8,14-15,23H,3,6,9-13,16-19H2,1H3. The molecular formula is C28H33N5O4. The summed E-state index contributed by atoms with van der Waals surface area (Å²) in [6, 6.07) is 14.2. The van der Waals surface area contributed by atoms with Crippen LogP contribution in [0.1, 0.15) is 29.9 Å². The minimum absolute atomic E-state index is 0.0216. The molecule has 194 valence electrons. The second kappa shape index (κ2) is 10.5. The van der Waals surface area contributed by atoms with Crippen LogP contribution in [0.25, 0.3) is 11.4 Å². The van der Waals surface area contributed by atoms with Crippen molar-refractivity contribution < 1.29 is 18.8 Å². The molecule has 9 nitrogen and oxygen atoms in total. The van der Waals surface area contributed by atoms with Crippen molar-refractivity contribution in [1.82, 2.24) is 24.8 Å². The number of hydrogen-bond acceptors (Lipinski definition) is 8. The number of hydrogen-bond donors (Lipinski definition) is 0. The van der Waals surface area contributed by atoms with Gasteiger partial charge in [-0.25, -0.2) is 0 Å². The number of carbonyl (C=O) groups is 1. The first-order valence-electron chi connectivity index (χ1n) is 13.1. The Morgan fingerprint density at radius 3 is 2.70 bits per heavy atom. The van der Waals surface area contributed by atoms with E-state index in [1.54, 1.807) is 0 Å². The van der Waals surface area contributed by atoms with Crippen LogP contribution >= 0.6 is 0 Å². The molecule has 0 saturated carbocycles. The molecule has 3 aliphatic heterocycles. The van der Waals surface area contributed by atoms with E-state index in [2.05, 4.69) is 51.1 Å². The first-order chi connectivity index (χ1) is 18.1. The third-order valence-corrected chi connectivity index (χ3v) is 7.49. The number of rotatable bonds is 6. The minimum Gasteiger partial charge on any atom is -0.454 e. The summed E-state index contributed by atoms with van der Waals surface area (Å²) in [6.07, 6.45) is 1.93. The van der Waals surface area contributed by atoms with Crippen LogP contribution in [0.15, 0.2) is 47.0 Å².